The van der Waals surface area contributed by atoms with E-state index in [2.05, 4.69) is 20.8 Å². The maximum absolute atomic E-state index is 10.0. The topological polar surface area (TPSA) is 32.7 Å². The summed E-state index contributed by atoms with van der Waals surface area (Å²) in [5, 5.41) is 10.0. The molecule has 1 N–H and O–H groups in total. The molecule has 0 radical (unpaired) electrons. The normalized spacial score (nSPS) is 25.1. The van der Waals surface area contributed by atoms with Gasteiger partial charge in [-0.05, 0) is 50.6 Å². The Morgan fingerprint density at radius 2 is 2.11 bits per heavy atom. The third kappa shape index (κ3) is 4.26. The summed E-state index contributed by atoms with van der Waals surface area (Å²) >= 11 is 3.40. The van der Waals surface area contributed by atoms with Crippen molar-refractivity contribution in [3.05, 3.63) is 28.7 Å². The average molecular weight is 314 g/mol. The fourth-order valence-corrected chi connectivity index (χ4v) is 2.60. The molecule has 2 rings (SSSR count). The van der Waals surface area contributed by atoms with Crippen LogP contribution in [-0.2, 0) is 0 Å². The molecule has 4 heteroatoms. The smallest absolute Gasteiger partial charge is 0.119 e. The van der Waals surface area contributed by atoms with Crippen LogP contribution in [0.2, 0.25) is 0 Å². The Kier molecular flexibility index (Phi) is 4.65. The lowest BCUT2D eigenvalue weighted by atomic mass is 9.95. The van der Waals surface area contributed by atoms with Gasteiger partial charge >= 0.3 is 0 Å². The van der Waals surface area contributed by atoms with Gasteiger partial charge in [0.25, 0.3) is 0 Å². The summed E-state index contributed by atoms with van der Waals surface area (Å²) < 4.78 is 6.75. The molecule has 1 fully saturated rings. The highest BCUT2D eigenvalue weighted by atomic mass is 79.9. The van der Waals surface area contributed by atoms with Gasteiger partial charge in [-0.25, -0.2) is 0 Å². The van der Waals surface area contributed by atoms with Crippen molar-refractivity contribution in [1.29, 1.82) is 0 Å². The molecule has 0 bridgehead atoms. The Morgan fingerprint density at radius 1 is 1.39 bits per heavy atom. The molecule has 1 aliphatic heterocycles. The van der Waals surface area contributed by atoms with Crippen LogP contribution in [0, 0.1) is 0 Å². The molecule has 1 aromatic carbocycles. The quantitative estimate of drug-likeness (QED) is 0.927. The van der Waals surface area contributed by atoms with E-state index >= 15 is 0 Å². The van der Waals surface area contributed by atoms with Crippen LogP contribution in [0.15, 0.2) is 28.7 Å². The molecule has 0 aromatic heterocycles. The Morgan fingerprint density at radius 3 is 2.78 bits per heavy atom. The number of likely N-dealkylation sites (tertiary alicyclic amines) is 1. The van der Waals surface area contributed by atoms with Crippen molar-refractivity contribution < 1.29 is 9.84 Å². The standard InChI is InChI=1S/C14H20BrNO2/c1-14(17)7-2-8-16(11-14)9-10-18-13-5-3-12(15)4-6-13/h3-6,17H,2,7-11H2,1H3. The summed E-state index contributed by atoms with van der Waals surface area (Å²) in [6.07, 6.45) is 1.96. The summed E-state index contributed by atoms with van der Waals surface area (Å²) in [6, 6.07) is 7.86. The number of rotatable bonds is 4. The van der Waals surface area contributed by atoms with Crippen LogP contribution < -0.4 is 4.74 Å². The highest BCUT2D eigenvalue weighted by Crippen LogP contribution is 2.20. The van der Waals surface area contributed by atoms with Crippen LogP contribution in [-0.4, -0.2) is 41.8 Å². The minimum absolute atomic E-state index is 0.532. The summed E-state index contributed by atoms with van der Waals surface area (Å²) in [5.41, 5.74) is -0.532. The highest BCUT2D eigenvalue weighted by molar-refractivity contribution is 9.10. The number of aliphatic hydroxyl groups is 1. The number of nitrogens with zero attached hydrogens (tertiary/aromatic N) is 1. The number of β-amino-alcohol motifs (C(OH)–C–C–N with tert-alkyl or cyclic N) is 1. The number of benzene rings is 1. The first-order valence-corrected chi connectivity index (χ1v) is 7.18. The van der Waals surface area contributed by atoms with Crippen molar-refractivity contribution in [1.82, 2.24) is 4.90 Å². The zero-order valence-corrected chi connectivity index (χ0v) is 12.3. The first-order chi connectivity index (χ1) is 8.55. The van der Waals surface area contributed by atoms with Crippen molar-refractivity contribution in [2.45, 2.75) is 25.4 Å². The molecule has 0 amide bonds. The second kappa shape index (κ2) is 6.04. The first kappa shape index (κ1) is 13.8. The minimum atomic E-state index is -0.532. The van der Waals surface area contributed by atoms with Gasteiger partial charge in [0.05, 0.1) is 5.60 Å². The maximum atomic E-state index is 10.0. The molecule has 0 saturated carbocycles. The molecule has 1 saturated heterocycles. The third-order valence-corrected chi connectivity index (χ3v) is 3.77. The Labute approximate surface area is 117 Å². The van der Waals surface area contributed by atoms with E-state index in [4.69, 9.17) is 4.74 Å². The van der Waals surface area contributed by atoms with Crippen molar-refractivity contribution in [3.8, 4) is 5.75 Å². The lowest BCUT2D eigenvalue weighted by molar-refractivity contribution is -0.0183. The summed E-state index contributed by atoms with van der Waals surface area (Å²) in [4.78, 5) is 2.27. The summed E-state index contributed by atoms with van der Waals surface area (Å²) in [7, 11) is 0. The van der Waals surface area contributed by atoms with Gasteiger partial charge < -0.3 is 9.84 Å². The van der Waals surface area contributed by atoms with Crippen LogP contribution in [0.4, 0.5) is 0 Å². The number of hydrogen-bond acceptors (Lipinski definition) is 3. The van der Waals surface area contributed by atoms with E-state index < -0.39 is 5.60 Å². The zero-order chi connectivity index (χ0) is 13.0. The Bertz CT molecular complexity index is 378. The van der Waals surface area contributed by atoms with E-state index in [0.717, 1.165) is 42.7 Å². The van der Waals surface area contributed by atoms with E-state index in [1.807, 2.05) is 31.2 Å². The second-order valence-corrected chi connectivity index (χ2v) is 6.09. The zero-order valence-electron chi connectivity index (χ0n) is 10.7. The lowest BCUT2D eigenvalue weighted by Gasteiger charge is -2.36. The lowest BCUT2D eigenvalue weighted by Crippen LogP contribution is -2.47. The molecule has 1 heterocycles. The third-order valence-electron chi connectivity index (χ3n) is 3.24. The van der Waals surface area contributed by atoms with Crippen molar-refractivity contribution in [2.24, 2.45) is 0 Å². The molecule has 1 aliphatic rings. The molecule has 1 unspecified atom stereocenters. The van der Waals surface area contributed by atoms with Gasteiger partial charge in [0, 0.05) is 17.6 Å². The molecule has 1 aromatic rings. The number of ether oxygens (including phenoxy) is 1. The molecule has 0 aliphatic carbocycles. The molecule has 18 heavy (non-hydrogen) atoms. The summed E-state index contributed by atoms with van der Waals surface area (Å²) in [6.45, 7) is 5.25. The number of hydrogen-bond donors (Lipinski definition) is 1. The van der Waals surface area contributed by atoms with Gasteiger partial charge in [-0.15, -0.1) is 0 Å². The monoisotopic (exact) mass is 313 g/mol. The van der Waals surface area contributed by atoms with Crippen molar-refractivity contribution in [3.63, 3.8) is 0 Å². The van der Waals surface area contributed by atoms with Gasteiger partial charge in [0.15, 0.2) is 0 Å². The molecular formula is C14H20BrNO2. The van der Waals surface area contributed by atoms with E-state index in [0.29, 0.717) is 6.61 Å². The predicted molar refractivity (Wildman–Crippen MR) is 75.9 cm³/mol. The maximum Gasteiger partial charge on any atom is 0.119 e. The van der Waals surface area contributed by atoms with Gasteiger partial charge in [0.2, 0.25) is 0 Å². The number of halogens is 1. The van der Waals surface area contributed by atoms with Crippen LogP contribution >= 0.6 is 15.9 Å². The number of piperidine rings is 1. The van der Waals surface area contributed by atoms with Gasteiger partial charge in [0.1, 0.15) is 12.4 Å². The van der Waals surface area contributed by atoms with E-state index in [9.17, 15) is 5.11 Å². The first-order valence-electron chi connectivity index (χ1n) is 6.38. The molecular weight excluding hydrogens is 294 g/mol. The Balaban J connectivity index is 1.73. The van der Waals surface area contributed by atoms with Gasteiger partial charge in [-0.1, -0.05) is 15.9 Å². The fourth-order valence-electron chi connectivity index (χ4n) is 2.34. The van der Waals surface area contributed by atoms with Crippen LogP contribution in [0.3, 0.4) is 0 Å². The molecule has 3 nitrogen and oxygen atoms in total. The highest BCUT2D eigenvalue weighted by Gasteiger charge is 2.27. The molecule has 1 atom stereocenters. The van der Waals surface area contributed by atoms with Crippen LogP contribution in [0.1, 0.15) is 19.8 Å². The SMILES string of the molecule is CC1(O)CCCN(CCOc2ccc(Br)cc2)C1. The van der Waals surface area contributed by atoms with E-state index in [1.165, 1.54) is 0 Å². The second-order valence-electron chi connectivity index (χ2n) is 5.18. The Hall–Kier alpha value is -0.580. The minimum Gasteiger partial charge on any atom is -0.492 e. The van der Waals surface area contributed by atoms with Crippen molar-refractivity contribution >= 4 is 15.9 Å². The van der Waals surface area contributed by atoms with Crippen LogP contribution in [0.5, 0.6) is 5.75 Å². The van der Waals surface area contributed by atoms with Crippen molar-refractivity contribution in [2.75, 3.05) is 26.2 Å². The van der Waals surface area contributed by atoms with E-state index in [1.54, 1.807) is 0 Å². The van der Waals surface area contributed by atoms with Gasteiger partial charge in [-0.3, -0.25) is 4.90 Å². The van der Waals surface area contributed by atoms with Gasteiger partial charge in [-0.2, -0.15) is 0 Å². The summed E-state index contributed by atoms with van der Waals surface area (Å²) in [5.74, 6) is 0.891. The van der Waals surface area contributed by atoms with E-state index in [-0.39, 0.29) is 0 Å². The predicted octanol–water partition coefficient (Wildman–Crippen LogP) is 2.67. The fraction of sp³-hybridized carbons (Fsp3) is 0.571. The molecule has 100 valence electrons. The average Bonchev–Trinajstić information content (AvgIpc) is 2.30. The molecule has 0 spiro atoms. The van der Waals surface area contributed by atoms with Crippen LogP contribution in [0.25, 0.3) is 0 Å². The largest absolute Gasteiger partial charge is 0.492 e.